The molecule has 1 unspecified atom stereocenters. The molecule has 4 nitrogen and oxygen atoms in total. The molecule has 1 aliphatic heterocycles. The van der Waals surface area contributed by atoms with Gasteiger partial charge in [0.05, 0.1) is 5.69 Å². The minimum atomic E-state index is -0.931. The summed E-state index contributed by atoms with van der Waals surface area (Å²) < 4.78 is 2.08. The van der Waals surface area contributed by atoms with Crippen molar-refractivity contribution >= 4 is 5.97 Å². The van der Waals surface area contributed by atoms with Gasteiger partial charge in [0.2, 0.25) is 0 Å². The fourth-order valence-electron chi connectivity index (χ4n) is 2.85. The molecule has 98 valence electrons. The first-order chi connectivity index (χ1) is 9.18. The molecular weight excluding hydrogens is 240 g/mol. The molecule has 0 radical (unpaired) electrons. The summed E-state index contributed by atoms with van der Waals surface area (Å²) in [5.74, 6) is 0.101. The van der Waals surface area contributed by atoms with Crippen LogP contribution in [0.15, 0.2) is 30.3 Å². The Hall–Kier alpha value is -2.10. The molecule has 1 aliphatic rings. The fourth-order valence-corrected chi connectivity index (χ4v) is 2.85. The van der Waals surface area contributed by atoms with E-state index in [2.05, 4.69) is 16.5 Å². The van der Waals surface area contributed by atoms with Crippen LogP contribution >= 0.6 is 0 Å². The molecule has 1 N–H and O–H groups in total. The van der Waals surface area contributed by atoms with E-state index in [-0.39, 0.29) is 11.6 Å². The second kappa shape index (κ2) is 4.53. The highest BCUT2D eigenvalue weighted by Gasteiger charge is 2.28. The van der Waals surface area contributed by atoms with Crippen molar-refractivity contribution < 1.29 is 9.90 Å². The van der Waals surface area contributed by atoms with Crippen molar-refractivity contribution in [1.82, 2.24) is 9.55 Å². The maximum Gasteiger partial charge on any atom is 0.356 e. The Bertz CT molecular complexity index is 617. The average Bonchev–Trinajstić information content (AvgIpc) is 2.81. The summed E-state index contributed by atoms with van der Waals surface area (Å²) in [6.45, 7) is 2.93. The topological polar surface area (TPSA) is 55.1 Å². The van der Waals surface area contributed by atoms with Gasteiger partial charge in [0.1, 0.15) is 5.82 Å². The lowest BCUT2D eigenvalue weighted by Crippen LogP contribution is -2.16. The van der Waals surface area contributed by atoms with Crippen LogP contribution in [0.4, 0.5) is 0 Å². The Balaban J connectivity index is 2.22. The number of carboxylic acids is 1. The highest BCUT2D eigenvalue weighted by Crippen LogP contribution is 2.34. The molecule has 0 fully saturated rings. The van der Waals surface area contributed by atoms with E-state index in [1.807, 2.05) is 30.3 Å². The Morgan fingerprint density at radius 3 is 2.79 bits per heavy atom. The third-order valence-corrected chi connectivity index (χ3v) is 3.73. The lowest BCUT2D eigenvalue weighted by molar-refractivity contribution is 0.0688. The number of hydrogen-bond acceptors (Lipinski definition) is 2. The van der Waals surface area contributed by atoms with Crippen molar-refractivity contribution in [2.45, 2.75) is 32.2 Å². The van der Waals surface area contributed by atoms with Crippen molar-refractivity contribution in [3.63, 3.8) is 0 Å². The van der Waals surface area contributed by atoms with Crippen LogP contribution in [0.2, 0.25) is 0 Å². The van der Waals surface area contributed by atoms with E-state index in [9.17, 15) is 9.90 Å². The first kappa shape index (κ1) is 12.0. The van der Waals surface area contributed by atoms with Crippen LogP contribution in [-0.2, 0) is 6.54 Å². The Labute approximate surface area is 111 Å². The molecule has 2 heterocycles. The van der Waals surface area contributed by atoms with Gasteiger partial charge in [0, 0.05) is 12.1 Å². The lowest BCUT2D eigenvalue weighted by Gasteiger charge is -2.22. The maximum absolute atomic E-state index is 11.4. The number of aromatic carboxylic acids is 1. The number of nitrogens with zero attached hydrogens (tertiary/aromatic N) is 2. The van der Waals surface area contributed by atoms with Crippen LogP contribution in [0.3, 0.4) is 0 Å². The van der Waals surface area contributed by atoms with Crippen molar-refractivity contribution in [3.8, 4) is 11.4 Å². The molecule has 1 aromatic carbocycles. The SMILES string of the molecule is CC1CCCn2c(-c3ccccc3)nc(C(=O)O)c21. The van der Waals surface area contributed by atoms with E-state index in [0.29, 0.717) is 0 Å². The quantitative estimate of drug-likeness (QED) is 0.898. The first-order valence-electron chi connectivity index (χ1n) is 6.57. The Kier molecular flexibility index (Phi) is 2.85. The first-order valence-corrected chi connectivity index (χ1v) is 6.57. The summed E-state index contributed by atoms with van der Waals surface area (Å²) in [6.07, 6.45) is 2.10. The summed E-state index contributed by atoms with van der Waals surface area (Å²) in [4.78, 5) is 15.8. The standard InChI is InChI=1S/C15H16N2O2/c1-10-6-5-9-17-13(10)12(15(18)19)16-14(17)11-7-3-2-4-8-11/h2-4,7-8,10H,5-6,9H2,1H3,(H,18,19). The van der Waals surface area contributed by atoms with Crippen LogP contribution in [0.25, 0.3) is 11.4 Å². The minimum Gasteiger partial charge on any atom is -0.476 e. The highest BCUT2D eigenvalue weighted by molar-refractivity contribution is 5.88. The smallest absolute Gasteiger partial charge is 0.356 e. The Morgan fingerprint density at radius 2 is 2.11 bits per heavy atom. The zero-order valence-corrected chi connectivity index (χ0v) is 10.8. The molecule has 4 heteroatoms. The minimum absolute atomic E-state index is 0.214. The van der Waals surface area contributed by atoms with Crippen molar-refractivity contribution in [1.29, 1.82) is 0 Å². The molecule has 0 spiro atoms. The molecule has 1 aromatic heterocycles. The van der Waals surface area contributed by atoms with E-state index in [1.165, 1.54) is 0 Å². The van der Waals surface area contributed by atoms with E-state index >= 15 is 0 Å². The second-order valence-electron chi connectivity index (χ2n) is 5.04. The third-order valence-electron chi connectivity index (χ3n) is 3.73. The molecule has 2 aromatic rings. The van der Waals surface area contributed by atoms with E-state index in [1.54, 1.807) is 0 Å². The maximum atomic E-state index is 11.4. The van der Waals surface area contributed by atoms with Crippen molar-refractivity contribution in [2.75, 3.05) is 0 Å². The van der Waals surface area contributed by atoms with Gasteiger partial charge in [-0.3, -0.25) is 0 Å². The Morgan fingerprint density at radius 1 is 1.37 bits per heavy atom. The highest BCUT2D eigenvalue weighted by atomic mass is 16.4. The van der Waals surface area contributed by atoms with Gasteiger partial charge in [0.25, 0.3) is 0 Å². The number of carbonyl (C=O) groups is 1. The monoisotopic (exact) mass is 256 g/mol. The number of carboxylic acid groups (broad SMARTS) is 1. The number of imidazole rings is 1. The van der Waals surface area contributed by atoms with Crippen LogP contribution in [0.5, 0.6) is 0 Å². The van der Waals surface area contributed by atoms with Gasteiger partial charge in [-0.15, -0.1) is 0 Å². The third kappa shape index (κ3) is 1.93. The van der Waals surface area contributed by atoms with E-state index in [0.717, 1.165) is 36.5 Å². The number of fused-ring (bicyclic) bond motifs is 1. The molecular formula is C15H16N2O2. The van der Waals surface area contributed by atoms with E-state index < -0.39 is 5.97 Å². The molecule has 0 aliphatic carbocycles. The van der Waals surface area contributed by atoms with Gasteiger partial charge >= 0.3 is 5.97 Å². The molecule has 0 saturated carbocycles. The number of hydrogen-bond donors (Lipinski definition) is 1. The molecule has 1 atom stereocenters. The summed E-state index contributed by atoms with van der Waals surface area (Å²) >= 11 is 0. The molecule has 19 heavy (non-hydrogen) atoms. The number of benzene rings is 1. The van der Waals surface area contributed by atoms with Crippen LogP contribution < -0.4 is 0 Å². The van der Waals surface area contributed by atoms with Gasteiger partial charge in [-0.05, 0) is 18.8 Å². The molecule has 0 bridgehead atoms. The van der Waals surface area contributed by atoms with Crippen LogP contribution in [0, 0.1) is 0 Å². The summed E-state index contributed by atoms with van der Waals surface area (Å²) in [5, 5.41) is 9.34. The fraction of sp³-hybridized carbons (Fsp3) is 0.333. The number of rotatable bonds is 2. The molecule has 0 saturated heterocycles. The van der Waals surface area contributed by atoms with Gasteiger partial charge in [0.15, 0.2) is 5.69 Å². The predicted molar refractivity (Wildman–Crippen MR) is 72.3 cm³/mol. The molecule has 0 amide bonds. The zero-order chi connectivity index (χ0) is 13.4. The largest absolute Gasteiger partial charge is 0.476 e. The van der Waals surface area contributed by atoms with Crippen molar-refractivity contribution in [2.24, 2.45) is 0 Å². The van der Waals surface area contributed by atoms with Crippen LogP contribution in [0.1, 0.15) is 41.9 Å². The van der Waals surface area contributed by atoms with Gasteiger partial charge < -0.3 is 9.67 Å². The molecule has 3 rings (SSSR count). The summed E-state index contributed by atoms with van der Waals surface area (Å²) in [5.41, 5.74) is 2.06. The van der Waals surface area contributed by atoms with Gasteiger partial charge in [-0.2, -0.15) is 0 Å². The van der Waals surface area contributed by atoms with Crippen molar-refractivity contribution in [3.05, 3.63) is 41.7 Å². The summed E-state index contributed by atoms with van der Waals surface area (Å²) in [6, 6.07) is 9.79. The van der Waals surface area contributed by atoms with E-state index in [4.69, 9.17) is 0 Å². The normalized spacial score (nSPS) is 18.1. The van der Waals surface area contributed by atoms with Gasteiger partial charge in [-0.25, -0.2) is 9.78 Å². The lowest BCUT2D eigenvalue weighted by atomic mass is 9.96. The second-order valence-corrected chi connectivity index (χ2v) is 5.04. The predicted octanol–water partition coefficient (Wildman–Crippen LogP) is 3.15. The summed E-state index contributed by atoms with van der Waals surface area (Å²) in [7, 11) is 0. The zero-order valence-electron chi connectivity index (χ0n) is 10.8. The number of aromatic nitrogens is 2. The van der Waals surface area contributed by atoms with Crippen LogP contribution in [-0.4, -0.2) is 20.6 Å². The van der Waals surface area contributed by atoms with Gasteiger partial charge in [-0.1, -0.05) is 37.3 Å². The average molecular weight is 256 g/mol.